The number of hydrogen-bond donors (Lipinski definition) is 2. The number of nitrogens with zero attached hydrogens (tertiary/aromatic N) is 2. The van der Waals surface area contributed by atoms with Crippen LogP contribution >= 0.6 is 0 Å². The van der Waals surface area contributed by atoms with Gasteiger partial charge in [-0.25, -0.2) is 4.79 Å². The lowest BCUT2D eigenvalue weighted by Crippen LogP contribution is -2.51. The molecule has 2 unspecified atom stereocenters. The Labute approximate surface area is 132 Å². The standard InChI is InChI=1S/C17H27N3O2/c1-12-6-5-9-20(16(12)11-21)17(22)18-15-8-7-14(19(3)4)10-13(15)2/h7-8,10,12,16,21H,5-6,9,11H2,1-4H3,(H,18,22). The minimum absolute atomic E-state index is 0.0210. The van der Waals surface area contributed by atoms with E-state index in [0.717, 1.165) is 29.8 Å². The molecule has 0 radical (unpaired) electrons. The highest BCUT2D eigenvalue weighted by Crippen LogP contribution is 2.25. The maximum absolute atomic E-state index is 12.5. The number of hydrogen-bond acceptors (Lipinski definition) is 3. The minimum atomic E-state index is -0.119. The molecule has 0 aromatic heterocycles. The van der Waals surface area contributed by atoms with Gasteiger partial charge in [-0.05, 0) is 49.4 Å². The molecule has 0 bridgehead atoms. The van der Waals surface area contributed by atoms with Crippen molar-refractivity contribution in [1.29, 1.82) is 0 Å². The number of aryl methyl sites for hydroxylation is 1. The number of amides is 2. The number of benzene rings is 1. The van der Waals surface area contributed by atoms with Crippen LogP contribution in [-0.2, 0) is 0 Å². The van der Waals surface area contributed by atoms with Crippen LogP contribution in [-0.4, -0.2) is 49.3 Å². The van der Waals surface area contributed by atoms with Crippen LogP contribution in [0.4, 0.5) is 16.2 Å². The van der Waals surface area contributed by atoms with E-state index in [9.17, 15) is 9.90 Å². The molecule has 1 aliphatic heterocycles. The number of rotatable bonds is 3. The van der Waals surface area contributed by atoms with E-state index in [1.54, 1.807) is 4.90 Å². The van der Waals surface area contributed by atoms with Crippen molar-refractivity contribution in [2.45, 2.75) is 32.7 Å². The molecule has 1 heterocycles. The first kappa shape index (κ1) is 16.6. The maximum atomic E-state index is 12.5. The first-order valence-electron chi connectivity index (χ1n) is 7.90. The van der Waals surface area contributed by atoms with E-state index in [1.165, 1.54) is 0 Å². The molecule has 122 valence electrons. The second-order valence-corrected chi connectivity index (χ2v) is 6.39. The smallest absolute Gasteiger partial charge is 0.322 e. The summed E-state index contributed by atoms with van der Waals surface area (Å²) in [5, 5.41) is 12.6. The van der Waals surface area contributed by atoms with E-state index in [-0.39, 0.29) is 18.7 Å². The number of likely N-dealkylation sites (tertiary alicyclic amines) is 1. The molecule has 1 fully saturated rings. The molecule has 0 aliphatic carbocycles. The molecule has 1 saturated heterocycles. The predicted molar refractivity (Wildman–Crippen MR) is 90.5 cm³/mol. The van der Waals surface area contributed by atoms with Crippen LogP contribution in [0.3, 0.4) is 0 Å². The Morgan fingerprint density at radius 3 is 2.77 bits per heavy atom. The fourth-order valence-electron chi connectivity index (χ4n) is 3.03. The number of aliphatic hydroxyl groups is 1. The number of anilines is 2. The van der Waals surface area contributed by atoms with Gasteiger partial charge in [0.1, 0.15) is 0 Å². The third kappa shape index (κ3) is 3.53. The third-order valence-electron chi connectivity index (χ3n) is 4.53. The van der Waals surface area contributed by atoms with Gasteiger partial charge in [0.05, 0.1) is 12.6 Å². The van der Waals surface area contributed by atoms with Crippen molar-refractivity contribution >= 4 is 17.4 Å². The summed E-state index contributed by atoms with van der Waals surface area (Å²) < 4.78 is 0. The van der Waals surface area contributed by atoms with E-state index < -0.39 is 0 Å². The second-order valence-electron chi connectivity index (χ2n) is 6.39. The lowest BCUT2D eigenvalue weighted by Gasteiger charge is -2.39. The molecule has 1 aromatic rings. The predicted octanol–water partition coefficient (Wildman–Crippen LogP) is 2.69. The van der Waals surface area contributed by atoms with Crippen LogP contribution in [0, 0.1) is 12.8 Å². The molecule has 2 rings (SSSR count). The van der Waals surface area contributed by atoms with E-state index in [0.29, 0.717) is 12.5 Å². The van der Waals surface area contributed by atoms with E-state index in [2.05, 4.69) is 18.3 Å². The summed E-state index contributed by atoms with van der Waals surface area (Å²) in [7, 11) is 3.99. The number of carbonyl (C=O) groups excluding carboxylic acids is 1. The van der Waals surface area contributed by atoms with Crippen molar-refractivity contribution < 1.29 is 9.90 Å². The highest BCUT2D eigenvalue weighted by molar-refractivity contribution is 5.90. The van der Waals surface area contributed by atoms with E-state index in [4.69, 9.17) is 0 Å². The van der Waals surface area contributed by atoms with Crippen LogP contribution in [0.25, 0.3) is 0 Å². The molecule has 1 aliphatic rings. The number of urea groups is 1. The van der Waals surface area contributed by atoms with Gasteiger partial charge < -0.3 is 20.2 Å². The van der Waals surface area contributed by atoms with Gasteiger partial charge in [0.15, 0.2) is 0 Å². The highest BCUT2D eigenvalue weighted by Gasteiger charge is 2.31. The summed E-state index contributed by atoms with van der Waals surface area (Å²) in [6.07, 6.45) is 2.05. The van der Waals surface area contributed by atoms with Crippen molar-refractivity contribution in [3.63, 3.8) is 0 Å². The van der Waals surface area contributed by atoms with Crippen molar-refractivity contribution in [2.24, 2.45) is 5.92 Å². The van der Waals surface area contributed by atoms with Crippen LogP contribution in [0.2, 0.25) is 0 Å². The molecule has 2 N–H and O–H groups in total. The lowest BCUT2D eigenvalue weighted by molar-refractivity contribution is 0.0811. The van der Waals surface area contributed by atoms with Crippen molar-refractivity contribution in [1.82, 2.24) is 4.90 Å². The summed E-state index contributed by atoms with van der Waals surface area (Å²) in [6, 6.07) is 5.77. The summed E-state index contributed by atoms with van der Waals surface area (Å²) in [4.78, 5) is 16.4. The molecular formula is C17H27N3O2. The normalized spacial score (nSPS) is 21.6. The third-order valence-corrected chi connectivity index (χ3v) is 4.53. The Balaban J connectivity index is 2.11. The van der Waals surface area contributed by atoms with Crippen LogP contribution in [0.1, 0.15) is 25.3 Å². The maximum Gasteiger partial charge on any atom is 0.322 e. The average molecular weight is 305 g/mol. The molecule has 5 nitrogen and oxygen atoms in total. The minimum Gasteiger partial charge on any atom is -0.394 e. The Kier molecular flexibility index (Phi) is 5.29. The van der Waals surface area contributed by atoms with Gasteiger partial charge in [0.2, 0.25) is 0 Å². The molecule has 0 spiro atoms. The Bertz CT molecular complexity index is 531. The second kappa shape index (κ2) is 7.01. The van der Waals surface area contributed by atoms with E-state index >= 15 is 0 Å². The molecule has 22 heavy (non-hydrogen) atoms. The zero-order chi connectivity index (χ0) is 16.3. The fraction of sp³-hybridized carbons (Fsp3) is 0.588. The number of carbonyl (C=O) groups is 1. The SMILES string of the molecule is Cc1cc(N(C)C)ccc1NC(=O)N1CCCC(C)C1CO. The molecule has 5 heteroatoms. The number of piperidine rings is 1. The van der Waals surface area contributed by atoms with Gasteiger partial charge in [-0.3, -0.25) is 0 Å². The Hall–Kier alpha value is -1.75. The average Bonchev–Trinajstić information content (AvgIpc) is 2.48. The van der Waals surface area contributed by atoms with Gasteiger partial charge >= 0.3 is 6.03 Å². The quantitative estimate of drug-likeness (QED) is 0.903. The largest absolute Gasteiger partial charge is 0.394 e. The highest BCUT2D eigenvalue weighted by atomic mass is 16.3. The van der Waals surface area contributed by atoms with Crippen LogP contribution in [0.15, 0.2) is 18.2 Å². The van der Waals surface area contributed by atoms with E-state index in [1.807, 2.05) is 38.1 Å². The van der Waals surface area contributed by atoms with Crippen LogP contribution in [0.5, 0.6) is 0 Å². The summed E-state index contributed by atoms with van der Waals surface area (Å²) in [5.74, 6) is 0.335. The molecule has 2 atom stereocenters. The van der Waals surface area contributed by atoms with Gasteiger partial charge in [-0.15, -0.1) is 0 Å². The number of aliphatic hydroxyl groups excluding tert-OH is 1. The Morgan fingerprint density at radius 2 is 2.18 bits per heavy atom. The summed E-state index contributed by atoms with van der Waals surface area (Å²) >= 11 is 0. The zero-order valence-corrected chi connectivity index (χ0v) is 14.0. The first-order valence-corrected chi connectivity index (χ1v) is 7.90. The van der Waals surface area contributed by atoms with Crippen molar-refractivity contribution in [3.8, 4) is 0 Å². The Morgan fingerprint density at radius 1 is 1.45 bits per heavy atom. The fourth-order valence-corrected chi connectivity index (χ4v) is 3.03. The molecule has 0 saturated carbocycles. The van der Waals surface area contributed by atoms with Crippen molar-refractivity contribution in [3.05, 3.63) is 23.8 Å². The van der Waals surface area contributed by atoms with Gasteiger partial charge in [0.25, 0.3) is 0 Å². The van der Waals surface area contributed by atoms with Gasteiger partial charge in [-0.2, -0.15) is 0 Å². The summed E-state index contributed by atoms with van der Waals surface area (Å²) in [5.41, 5.74) is 2.96. The lowest BCUT2D eigenvalue weighted by atomic mass is 9.91. The molecular weight excluding hydrogens is 278 g/mol. The van der Waals surface area contributed by atoms with Gasteiger partial charge in [0, 0.05) is 32.0 Å². The molecule has 1 aromatic carbocycles. The first-order chi connectivity index (χ1) is 10.4. The molecule has 2 amide bonds. The topological polar surface area (TPSA) is 55.8 Å². The summed E-state index contributed by atoms with van der Waals surface area (Å²) in [6.45, 7) is 4.81. The van der Waals surface area contributed by atoms with Gasteiger partial charge in [-0.1, -0.05) is 6.92 Å². The zero-order valence-electron chi connectivity index (χ0n) is 14.0. The van der Waals surface area contributed by atoms with Crippen LogP contribution < -0.4 is 10.2 Å². The number of nitrogens with one attached hydrogen (secondary N) is 1. The monoisotopic (exact) mass is 305 g/mol. The van der Waals surface area contributed by atoms with Crippen molar-refractivity contribution in [2.75, 3.05) is 37.5 Å².